The summed E-state index contributed by atoms with van der Waals surface area (Å²) in [5, 5.41) is 5.90. The van der Waals surface area contributed by atoms with E-state index in [2.05, 4.69) is 137 Å². The molecule has 0 unspecified atom stereocenters. The van der Waals surface area contributed by atoms with Crippen LogP contribution in [0.25, 0.3) is 85.3 Å². The number of aromatic nitrogens is 4. The van der Waals surface area contributed by atoms with Crippen LogP contribution in [0.15, 0.2) is 176 Å². The fraction of sp³-hybridized carbons (Fsp3) is 0. The second kappa shape index (κ2) is 13.0. The van der Waals surface area contributed by atoms with Gasteiger partial charge in [0.05, 0.1) is 32.8 Å². The van der Waals surface area contributed by atoms with E-state index in [-0.39, 0.29) is 0 Å². The molecule has 0 radical (unpaired) electrons. The van der Waals surface area contributed by atoms with Crippen molar-refractivity contribution < 1.29 is 1.37 Å². The Labute approximate surface area is 325 Å². The molecule has 7 heteroatoms. The van der Waals surface area contributed by atoms with Gasteiger partial charge in [-0.1, -0.05) is 54.6 Å². The highest BCUT2D eigenvalue weighted by Crippen LogP contribution is 2.41. The third-order valence-corrected chi connectivity index (χ3v) is 12.3. The number of thiazole rings is 2. The first kappa shape index (κ1) is 30.6. The monoisotopic (exact) mass is 740 g/mol. The Morgan fingerprint density at radius 3 is 1.71 bits per heavy atom. The van der Waals surface area contributed by atoms with Crippen molar-refractivity contribution in [1.82, 2.24) is 19.9 Å². The largest absolute Gasteiger partial charge is 0.310 e. The minimum Gasteiger partial charge on any atom is -0.310 e. The third kappa shape index (κ3) is 5.60. The Bertz CT molecular complexity index is 3100. The van der Waals surface area contributed by atoms with Gasteiger partial charge < -0.3 is 4.90 Å². The molecule has 0 amide bonds. The molecule has 0 spiro atoms. The number of para-hydroxylation sites is 2. The van der Waals surface area contributed by atoms with Gasteiger partial charge in [0, 0.05) is 51.4 Å². The minimum atomic E-state index is 0.458. The number of fused-ring (bicyclic) bond motifs is 6. The van der Waals surface area contributed by atoms with Crippen molar-refractivity contribution in [2.24, 2.45) is 0 Å². The number of hydrogen-bond acceptors (Lipinski definition) is 7. The molecule has 0 aliphatic heterocycles. The molecule has 0 bridgehead atoms. The van der Waals surface area contributed by atoms with Crippen molar-refractivity contribution in [2.45, 2.75) is 0 Å². The van der Waals surface area contributed by atoms with Gasteiger partial charge in [-0.15, -0.1) is 22.7 Å². The van der Waals surface area contributed by atoms with Gasteiger partial charge in [-0.25, -0.2) is 9.97 Å². The van der Waals surface area contributed by atoms with Crippen molar-refractivity contribution in [2.75, 3.05) is 4.90 Å². The summed E-state index contributed by atoms with van der Waals surface area (Å²) in [6, 6.07) is 55.0. The van der Waals surface area contributed by atoms with E-state index < -0.39 is 0 Å². The van der Waals surface area contributed by atoms with E-state index in [1.165, 1.54) is 9.40 Å². The second-order valence-corrected chi connectivity index (χ2v) is 15.5. The molecule has 4 aromatic heterocycles. The number of anilines is 3. The van der Waals surface area contributed by atoms with Crippen LogP contribution >= 0.6 is 22.7 Å². The smallest absolute Gasteiger partial charge is 0.124 e. The van der Waals surface area contributed by atoms with Crippen LogP contribution < -0.4 is 4.90 Å². The maximum atomic E-state index is 9.35. The fourth-order valence-corrected chi connectivity index (χ4v) is 9.36. The molecule has 0 aliphatic carbocycles. The zero-order valence-corrected chi connectivity index (χ0v) is 30.9. The Balaban J connectivity index is 1.02. The molecule has 0 saturated carbocycles. The highest BCUT2D eigenvalue weighted by molar-refractivity contribution is 7.22. The predicted molar refractivity (Wildman–Crippen MR) is 232 cm³/mol. The molecule has 11 aromatic rings. The van der Waals surface area contributed by atoms with Gasteiger partial charge >= 0.3 is 0 Å². The average Bonchev–Trinajstić information content (AvgIpc) is 3.89. The number of nitrogens with zero attached hydrogens (tertiary/aromatic N) is 5. The Kier molecular flexibility index (Phi) is 7.21. The molecule has 55 heavy (non-hydrogen) atoms. The normalized spacial score (nSPS) is 11.9. The van der Waals surface area contributed by atoms with E-state index >= 15 is 0 Å². The van der Waals surface area contributed by atoms with Crippen LogP contribution in [0.4, 0.5) is 17.1 Å². The van der Waals surface area contributed by atoms with E-state index in [1.807, 2.05) is 42.7 Å². The van der Waals surface area contributed by atoms with Crippen LogP contribution in [0.3, 0.4) is 0 Å². The van der Waals surface area contributed by atoms with E-state index in [4.69, 9.17) is 15.0 Å². The molecular weight excluding hydrogens is 711 g/mol. The highest BCUT2D eigenvalue weighted by Gasteiger charge is 2.17. The summed E-state index contributed by atoms with van der Waals surface area (Å²) in [4.78, 5) is 21.4. The number of pyridine rings is 2. The van der Waals surface area contributed by atoms with Gasteiger partial charge in [0.15, 0.2) is 0 Å². The predicted octanol–water partition coefficient (Wildman–Crippen LogP) is 13.6. The molecule has 0 saturated heterocycles. The van der Waals surface area contributed by atoms with Crippen LogP contribution in [0, 0.1) is 0 Å². The molecule has 5 nitrogen and oxygen atoms in total. The molecule has 0 fully saturated rings. The standard InChI is InChI=1S/C48H29N5S2/c1-3-11-43-41(9-1)51-47(54-43)30-15-20-36(21-16-30)53(37-22-17-31(18-23-37)48-52-42-10-2-4-12-44(42)55-48)38-24-19-32-27-34(14-13-33(32)28-38)40-29-35-7-5-25-49-45(35)46-39(40)8-6-26-50-46/h1-29H/i13D. The summed E-state index contributed by atoms with van der Waals surface area (Å²) >= 11 is 3.41. The van der Waals surface area contributed by atoms with Crippen molar-refractivity contribution in [3.8, 4) is 32.3 Å². The maximum absolute atomic E-state index is 9.35. The van der Waals surface area contributed by atoms with Crippen LogP contribution in [0.5, 0.6) is 0 Å². The Morgan fingerprint density at radius 2 is 1.05 bits per heavy atom. The summed E-state index contributed by atoms with van der Waals surface area (Å²) in [6.45, 7) is 0. The van der Waals surface area contributed by atoms with Crippen LogP contribution in [-0.4, -0.2) is 19.9 Å². The second-order valence-electron chi connectivity index (χ2n) is 13.5. The van der Waals surface area contributed by atoms with Crippen molar-refractivity contribution >= 4 is 92.7 Å². The molecule has 4 heterocycles. The molecule has 0 atom stereocenters. The quantitative estimate of drug-likeness (QED) is 0.159. The summed E-state index contributed by atoms with van der Waals surface area (Å²) < 4.78 is 11.7. The molecule has 0 N–H and O–H groups in total. The molecule has 258 valence electrons. The number of benzene rings is 7. The molecule has 7 aromatic carbocycles. The summed E-state index contributed by atoms with van der Waals surface area (Å²) in [5.74, 6) is 0. The lowest BCUT2D eigenvalue weighted by Gasteiger charge is -2.26. The zero-order valence-electron chi connectivity index (χ0n) is 30.2. The van der Waals surface area contributed by atoms with Crippen molar-refractivity contribution in [3.05, 3.63) is 176 Å². The van der Waals surface area contributed by atoms with Crippen LogP contribution in [0.1, 0.15) is 1.37 Å². The minimum absolute atomic E-state index is 0.458. The SMILES string of the molecule is [2H]c1cc(-c2cc3cccnc3c3ncccc23)cc2ccc(N(c3ccc(-c4nc5ccccc5s4)cc3)c3ccc(-c4nc5ccccc5s4)cc3)cc12. The summed E-state index contributed by atoms with van der Waals surface area (Å²) in [7, 11) is 0. The lowest BCUT2D eigenvalue weighted by molar-refractivity contribution is 1.29. The van der Waals surface area contributed by atoms with Crippen LogP contribution in [0.2, 0.25) is 0 Å². The van der Waals surface area contributed by atoms with E-state index in [0.717, 1.165) is 92.9 Å². The van der Waals surface area contributed by atoms with Crippen molar-refractivity contribution in [1.29, 1.82) is 0 Å². The maximum Gasteiger partial charge on any atom is 0.124 e. The Morgan fingerprint density at radius 1 is 0.455 bits per heavy atom. The van der Waals surface area contributed by atoms with Gasteiger partial charge in [-0.2, -0.15) is 0 Å². The van der Waals surface area contributed by atoms with Gasteiger partial charge in [-0.3, -0.25) is 9.97 Å². The van der Waals surface area contributed by atoms with E-state index in [0.29, 0.717) is 6.04 Å². The fourth-order valence-electron chi connectivity index (χ4n) is 7.41. The molecule has 11 rings (SSSR count). The van der Waals surface area contributed by atoms with E-state index in [9.17, 15) is 1.37 Å². The van der Waals surface area contributed by atoms with Gasteiger partial charge in [-0.05, 0) is 131 Å². The van der Waals surface area contributed by atoms with Gasteiger partial charge in [0.1, 0.15) is 10.0 Å². The first-order valence-corrected chi connectivity index (χ1v) is 19.7. The number of hydrogen-bond donors (Lipinski definition) is 0. The van der Waals surface area contributed by atoms with Gasteiger partial charge in [0.2, 0.25) is 0 Å². The highest BCUT2D eigenvalue weighted by atomic mass is 32.1. The molecular formula is C48H29N5S2. The average molecular weight is 741 g/mol. The Hall–Kier alpha value is -6.80. The number of rotatable bonds is 6. The first-order chi connectivity index (χ1) is 27.6. The third-order valence-electron chi connectivity index (χ3n) is 10.1. The zero-order chi connectivity index (χ0) is 37.2. The van der Waals surface area contributed by atoms with E-state index in [1.54, 1.807) is 22.7 Å². The lowest BCUT2D eigenvalue weighted by Crippen LogP contribution is -2.09. The lowest BCUT2D eigenvalue weighted by atomic mass is 9.95. The molecule has 0 aliphatic rings. The first-order valence-electron chi connectivity index (χ1n) is 18.5. The van der Waals surface area contributed by atoms with Gasteiger partial charge in [0.25, 0.3) is 0 Å². The summed E-state index contributed by atoms with van der Waals surface area (Å²) in [6.07, 6.45) is 3.62. The van der Waals surface area contributed by atoms with Crippen LogP contribution in [-0.2, 0) is 0 Å². The van der Waals surface area contributed by atoms with Crippen molar-refractivity contribution in [3.63, 3.8) is 0 Å². The topological polar surface area (TPSA) is 54.8 Å². The summed E-state index contributed by atoms with van der Waals surface area (Å²) in [5.41, 5.74) is 10.9.